The first-order chi connectivity index (χ1) is 9.52. The predicted octanol–water partition coefficient (Wildman–Crippen LogP) is 3.70. The standard InChI is InChI=1S/C17H20N2O/c1-4-13-7-5-6-8-16(13)19-17(20)14-10-15(18)12(3)9-11(14)2/h5-10H,4,18H2,1-3H3,(H,19,20). The van der Waals surface area contributed by atoms with E-state index < -0.39 is 0 Å². The molecular weight excluding hydrogens is 248 g/mol. The van der Waals surface area contributed by atoms with Crippen LogP contribution in [0, 0.1) is 13.8 Å². The van der Waals surface area contributed by atoms with Crippen LogP contribution in [0.4, 0.5) is 11.4 Å². The molecule has 0 aliphatic carbocycles. The summed E-state index contributed by atoms with van der Waals surface area (Å²) in [4.78, 5) is 12.4. The molecule has 0 saturated heterocycles. The third kappa shape index (κ3) is 2.82. The van der Waals surface area contributed by atoms with E-state index in [9.17, 15) is 4.79 Å². The summed E-state index contributed by atoms with van der Waals surface area (Å²) in [5.74, 6) is -0.116. The Balaban J connectivity index is 2.31. The quantitative estimate of drug-likeness (QED) is 0.834. The van der Waals surface area contributed by atoms with Crippen molar-refractivity contribution in [3.8, 4) is 0 Å². The van der Waals surface area contributed by atoms with Gasteiger partial charge in [-0.05, 0) is 49.1 Å². The number of nitrogens with two attached hydrogens (primary N) is 1. The van der Waals surface area contributed by atoms with Gasteiger partial charge in [0.2, 0.25) is 0 Å². The van der Waals surface area contributed by atoms with Crippen LogP contribution in [-0.2, 0) is 6.42 Å². The fraction of sp³-hybridized carbons (Fsp3) is 0.235. The number of carbonyl (C=O) groups is 1. The Kier molecular flexibility index (Phi) is 4.08. The zero-order valence-corrected chi connectivity index (χ0v) is 12.2. The van der Waals surface area contributed by atoms with E-state index in [4.69, 9.17) is 5.73 Å². The summed E-state index contributed by atoms with van der Waals surface area (Å²) >= 11 is 0. The molecule has 104 valence electrons. The van der Waals surface area contributed by atoms with Crippen LogP contribution in [0.15, 0.2) is 36.4 Å². The highest BCUT2D eigenvalue weighted by atomic mass is 16.1. The third-order valence-electron chi connectivity index (χ3n) is 3.50. The molecule has 3 N–H and O–H groups in total. The molecular formula is C17H20N2O. The van der Waals surface area contributed by atoms with Crippen LogP contribution in [0.1, 0.15) is 34.0 Å². The summed E-state index contributed by atoms with van der Waals surface area (Å²) in [5, 5.41) is 2.97. The van der Waals surface area contributed by atoms with Crippen molar-refractivity contribution in [2.24, 2.45) is 0 Å². The number of carbonyl (C=O) groups excluding carboxylic acids is 1. The molecule has 2 aromatic rings. The minimum Gasteiger partial charge on any atom is -0.398 e. The van der Waals surface area contributed by atoms with Crippen LogP contribution in [0.5, 0.6) is 0 Å². The van der Waals surface area contributed by atoms with E-state index in [1.54, 1.807) is 6.07 Å². The summed E-state index contributed by atoms with van der Waals surface area (Å²) < 4.78 is 0. The van der Waals surface area contributed by atoms with Gasteiger partial charge in [-0.25, -0.2) is 0 Å². The van der Waals surface area contributed by atoms with Crippen LogP contribution >= 0.6 is 0 Å². The van der Waals surface area contributed by atoms with E-state index in [0.717, 1.165) is 28.8 Å². The van der Waals surface area contributed by atoms with Crippen LogP contribution in [-0.4, -0.2) is 5.91 Å². The lowest BCUT2D eigenvalue weighted by Gasteiger charge is -2.12. The molecule has 3 heteroatoms. The van der Waals surface area contributed by atoms with Gasteiger partial charge in [0, 0.05) is 16.9 Å². The smallest absolute Gasteiger partial charge is 0.256 e. The SMILES string of the molecule is CCc1ccccc1NC(=O)c1cc(N)c(C)cc1C. The Bertz CT molecular complexity index is 647. The number of rotatable bonds is 3. The first-order valence-electron chi connectivity index (χ1n) is 6.79. The molecule has 0 fully saturated rings. The second-order valence-electron chi connectivity index (χ2n) is 4.99. The Labute approximate surface area is 119 Å². The van der Waals surface area contributed by atoms with Crippen molar-refractivity contribution in [2.75, 3.05) is 11.1 Å². The summed E-state index contributed by atoms with van der Waals surface area (Å²) in [6.07, 6.45) is 0.880. The van der Waals surface area contributed by atoms with Crippen LogP contribution in [0.3, 0.4) is 0 Å². The molecule has 0 heterocycles. The molecule has 0 saturated carbocycles. The number of aryl methyl sites for hydroxylation is 3. The lowest BCUT2D eigenvalue weighted by Crippen LogP contribution is -2.15. The Hall–Kier alpha value is -2.29. The van der Waals surface area contributed by atoms with Crippen molar-refractivity contribution in [2.45, 2.75) is 27.2 Å². The minimum atomic E-state index is -0.116. The Morgan fingerprint density at radius 3 is 2.55 bits per heavy atom. The van der Waals surface area contributed by atoms with Gasteiger partial charge in [-0.3, -0.25) is 4.79 Å². The zero-order chi connectivity index (χ0) is 14.7. The fourth-order valence-electron chi connectivity index (χ4n) is 2.25. The number of benzene rings is 2. The van der Waals surface area contributed by atoms with E-state index in [0.29, 0.717) is 11.3 Å². The average molecular weight is 268 g/mol. The number of anilines is 2. The molecule has 3 nitrogen and oxygen atoms in total. The van der Waals surface area contributed by atoms with Gasteiger partial charge < -0.3 is 11.1 Å². The van der Waals surface area contributed by atoms with Gasteiger partial charge in [0.25, 0.3) is 5.91 Å². The van der Waals surface area contributed by atoms with Gasteiger partial charge in [-0.1, -0.05) is 31.2 Å². The second-order valence-corrected chi connectivity index (χ2v) is 4.99. The number of nitrogen functional groups attached to an aromatic ring is 1. The van der Waals surface area contributed by atoms with Gasteiger partial charge in [0.15, 0.2) is 0 Å². The second kappa shape index (κ2) is 5.78. The zero-order valence-electron chi connectivity index (χ0n) is 12.2. The summed E-state index contributed by atoms with van der Waals surface area (Å²) in [7, 11) is 0. The van der Waals surface area contributed by atoms with Gasteiger partial charge in [-0.15, -0.1) is 0 Å². The summed E-state index contributed by atoms with van der Waals surface area (Å²) in [6, 6.07) is 11.5. The maximum Gasteiger partial charge on any atom is 0.256 e. The third-order valence-corrected chi connectivity index (χ3v) is 3.50. The molecule has 0 aromatic heterocycles. The topological polar surface area (TPSA) is 55.1 Å². The first-order valence-corrected chi connectivity index (χ1v) is 6.79. The number of para-hydroxylation sites is 1. The van der Waals surface area contributed by atoms with Crippen molar-refractivity contribution in [1.82, 2.24) is 0 Å². The highest BCUT2D eigenvalue weighted by molar-refractivity contribution is 6.06. The Morgan fingerprint density at radius 1 is 1.15 bits per heavy atom. The normalized spacial score (nSPS) is 10.3. The van der Waals surface area contributed by atoms with Gasteiger partial charge in [0.1, 0.15) is 0 Å². The molecule has 2 aromatic carbocycles. The number of nitrogens with one attached hydrogen (secondary N) is 1. The van der Waals surface area contributed by atoms with Gasteiger partial charge in [-0.2, -0.15) is 0 Å². The van der Waals surface area contributed by atoms with Crippen molar-refractivity contribution in [3.05, 3.63) is 58.7 Å². The van der Waals surface area contributed by atoms with Crippen molar-refractivity contribution in [1.29, 1.82) is 0 Å². The summed E-state index contributed by atoms with van der Waals surface area (Å²) in [5.41, 5.74) is 11.1. The molecule has 1 amide bonds. The fourth-order valence-corrected chi connectivity index (χ4v) is 2.25. The molecule has 0 bridgehead atoms. The molecule has 0 aliphatic rings. The van der Waals surface area contributed by atoms with E-state index in [1.165, 1.54) is 0 Å². The Morgan fingerprint density at radius 2 is 1.85 bits per heavy atom. The average Bonchev–Trinajstić information content (AvgIpc) is 2.43. The lowest BCUT2D eigenvalue weighted by molar-refractivity contribution is 0.102. The van der Waals surface area contributed by atoms with Crippen LogP contribution in [0.25, 0.3) is 0 Å². The van der Waals surface area contributed by atoms with Crippen molar-refractivity contribution < 1.29 is 4.79 Å². The molecule has 0 aliphatic heterocycles. The predicted molar refractivity (Wildman–Crippen MR) is 84.1 cm³/mol. The number of hydrogen-bond donors (Lipinski definition) is 2. The lowest BCUT2D eigenvalue weighted by atomic mass is 10.0. The molecule has 0 radical (unpaired) electrons. The maximum absolute atomic E-state index is 12.4. The molecule has 0 unspecified atom stereocenters. The maximum atomic E-state index is 12.4. The molecule has 20 heavy (non-hydrogen) atoms. The first kappa shape index (κ1) is 14.1. The van der Waals surface area contributed by atoms with E-state index in [1.807, 2.05) is 44.2 Å². The van der Waals surface area contributed by atoms with E-state index in [2.05, 4.69) is 12.2 Å². The van der Waals surface area contributed by atoms with Gasteiger partial charge >= 0.3 is 0 Å². The monoisotopic (exact) mass is 268 g/mol. The van der Waals surface area contributed by atoms with Crippen molar-refractivity contribution in [3.63, 3.8) is 0 Å². The van der Waals surface area contributed by atoms with Crippen molar-refractivity contribution >= 4 is 17.3 Å². The minimum absolute atomic E-state index is 0.116. The molecule has 0 atom stereocenters. The van der Waals surface area contributed by atoms with E-state index >= 15 is 0 Å². The van der Waals surface area contributed by atoms with E-state index in [-0.39, 0.29) is 5.91 Å². The molecule has 0 spiro atoms. The highest BCUT2D eigenvalue weighted by Crippen LogP contribution is 2.21. The van der Waals surface area contributed by atoms with Crippen LogP contribution < -0.4 is 11.1 Å². The largest absolute Gasteiger partial charge is 0.398 e. The number of hydrogen-bond acceptors (Lipinski definition) is 2. The van der Waals surface area contributed by atoms with Crippen LogP contribution in [0.2, 0.25) is 0 Å². The summed E-state index contributed by atoms with van der Waals surface area (Å²) in [6.45, 7) is 5.93. The highest BCUT2D eigenvalue weighted by Gasteiger charge is 2.12. The van der Waals surface area contributed by atoms with Gasteiger partial charge in [0.05, 0.1) is 0 Å². The number of amides is 1. The molecule has 2 rings (SSSR count).